The van der Waals surface area contributed by atoms with Crippen molar-refractivity contribution in [3.8, 4) is 5.75 Å². The highest BCUT2D eigenvalue weighted by molar-refractivity contribution is 6.32. The molecular weight excluding hydrogens is 448 g/mol. The van der Waals surface area contributed by atoms with Crippen LogP contribution in [-0.2, 0) is 25.5 Å². The summed E-state index contributed by atoms with van der Waals surface area (Å²) in [5.74, 6) is 0.233. The van der Waals surface area contributed by atoms with E-state index in [-0.39, 0.29) is 13.0 Å². The fourth-order valence-electron chi connectivity index (χ4n) is 4.34. The van der Waals surface area contributed by atoms with Gasteiger partial charge in [-0.25, -0.2) is 9.59 Å². The Labute approximate surface area is 199 Å². The lowest BCUT2D eigenvalue weighted by Crippen LogP contribution is -2.46. The summed E-state index contributed by atoms with van der Waals surface area (Å²) in [6, 6.07) is 3.01. The van der Waals surface area contributed by atoms with Gasteiger partial charge < -0.3 is 19.0 Å². The van der Waals surface area contributed by atoms with E-state index in [1.165, 1.54) is 4.90 Å². The standard InChI is InChI=1S/C24H31ClN2O6/c1-22(2,3)31-20(28)18-12-24(13-27(18)21(29)32-23(4,5)6)11-17(26-33-24)15-9-14-7-8-30-19(14)16(25)10-15/h9-10,18H,7-8,11-13H2,1-6H3/t18-,24-/m1/s1. The van der Waals surface area contributed by atoms with Crippen molar-refractivity contribution in [3.05, 3.63) is 28.3 Å². The number of esters is 1. The molecule has 0 aromatic heterocycles. The van der Waals surface area contributed by atoms with Crippen LogP contribution in [0.3, 0.4) is 0 Å². The van der Waals surface area contributed by atoms with Gasteiger partial charge in [-0.1, -0.05) is 16.8 Å². The van der Waals surface area contributed by atoms with Crippen molar-refractivity contribution < 1.29 is 28.6 Å². The van der Waals surface area contributed by atoms with E-state index < -0.39 is 34.9 Å². The summed E-state index contributed by atoms with van der Waals surface area (Å²) < 4.78 is 16.8. The predicted molar refractivity (Wildman–Crippen MR) is 123 cm³/mol. The van der Waals surface area contributed by atoms with Gasteiger partial charge in [-0.3, -0.25) is 4.90 Å². The molecule has 9 heteroatoms. The Morgan fingerprint density at radius 2 is 1.85 bits per heavy atom. The number of carbonyl (C=O) groups excluding carboxylic acids is 2. The molecule has 1 aromatic carbocycles. The Balaban J connectivity index is 1.56. The van der Waals surface area contributed by atoms with Crippen molar-refractivity contribution in [1.82, 2.24) is 4.90 Å². The highest BCUT2D eigenvalue weighted by Gasteiger charge is 2.55. The first-order valence-electron chi connectivity index (χ1n) is 11.2. The van der Waals surface area contributed by atoms with Crippen LogP contribution in [0.25, 0.3) is 0 Å². The van der Waals surface area contributed by atoms with Crippen LogP contribution in [0.2, 0.25) is 5.02 Å². The van der Waals surface area contributed by atoms with Gasteiger partial charge in [-0.05, 0) is 59.2 Å². The third kappa shape index (κ3) is 5.05. The summed E-state index contributed by atoms with van der Waals surface area (Å²) in [6.45, 7) is 11.5. The highest BCUT2D eigenvalue weighted by atomic mass is 35.5. The number of oxime groups is 1. The van der Waals surface area contributed by atoms with E-state index in [9.17, 15) is 9.59 Å². The van der Waals surface area contributed by atoms with Crippen LogP contribution >= 0.6 is 11.6 Å². The summed E-state index contributed by atoms with van der Waals surface area (Å²) in [4.78, 5) is 33.3. The van der Waals surface area contributed by atoms with E-state index in [0.29, 0.717) is 18.1 Å². The molecule has 0 aliphatic carbocycles. The molecule has 0 N–H and O–H groups in total. The minimum atomic E-state index is -0.838. The average Bonchev–Trinajstić information content (AvgIpc) is 3.38. The number of amides is 1. The lowest BCUT2D eigenvalue weighted by Gasteiger charge is -2.29. The van der Waals surface area contributed by atoms with Gasteiger partial charge in [0.05, 0.1) is 23.9 Å². The maximum atomic E-state index is 13.0. The van der Waals surface area contributed by atoms with Gasteiger partial charge >= 0.3 is 12.1 Å². The topological polar surface area (TPSA) is 86.7 Å². The van der Waals surface area contributed by atoms with Crippen LogP contribution < -0.4 is 4.74 Å². The molecule has 0 saturated carbocycles. The monoisotopic (exact) mass is 478 g/mol. The summed E-state index contributed by atoms with van der Waals surface area (Å²) in [6.07, 6.45) is 0.900. The molecule has 1 spiro atoms. The van der Waals surface area contributed by atoms with Gasteiger partial charge in [0.25, 0.3) is 0 Å². The average molecular weight is 479 g/mol. The molecule has 3 heterocycles. The molecule has 1 fully saturated rings. The van der Waals surface area contributed by atoms with Crippen molar-refractivity contribution in [2.24, 2.45) is 5.16 Å². The molecular formula is C24H31ClN2O6. The van der Waals surface area contributed by atoms with Gasteiger partial charge in [0.1, 0.15) is 23.0 Å². The second-order valence-corrected chi connectivity index (χ2v) is 11.3. The minimum absolute atomic E-state index is 0.167. The van der Waals surface area contributed by atoms with Gasteiger partial charge in [-0.2, -0.15) is 0 Å². The van der Waals surface area contributed by atoms with Crippen LogP contribution in [0.4, 0.5) is 4.79 Å². The molecule has 0 radical (unpaired) electrons. The van der Waals surface area contributed by atoms with Crippen LogP contribution in [0.1, 0.15) is 65.5 Å². The number of halogens is 1. The lowest BCUT2D eigenvalue weighted by molar-refractivity contribution is -0.160. The molecule has 4 rings (SSSR count). The zero-order valence-electron chi connectivity index (χ0n) is 20.0. The van der Waals surface area contributed by atoms with Crippen molar-refractivity contribution >= 4 is 29.4 Å². The third-order valence-corrected chi connectivity index (χ3v) is 5.90. The van der Waals surface area contributed by atoms with Crippen molar-refractivity contribution in [3.63, 3.8) is 0 Å². The summed E-state index contributed by atoms with van der Waals surface area (Å²) in [7, 11) is 0. The Morgan fingerprint density at radius 3 is 2.52 bits per heavy atom. The van der Waals surface area contributed by atoms with E-state index in [2.05, 4.69) is 5.16 Å². The van der Waals surface area contributed by atoms with Crippen LogP contribution in [-0.4, -0.2) is 58.7 Å². The second kappa shape index (κ2) is 8.08. The highest BCUT2D eigenvalue weighted by Crippen LogP contribution is 2.42. The van der Waals surface area contributed by atoms with Gasteiger partial charge in [-0.15, -0.1) is 0 Å². The lowest BCUT2D eigenvalue weighted by atomic mass is 9.91. The molecule has 0 unspecified atom stereocenters. The van der Waals surface area contributed by atoms with Crippen molar-refractivity contribution in [2.75, 3.05) is 13.2 Å². The Bertz CT molecular complexity index is 971. The fraction of sp³-hybridized carbons (Fsp3) is 0.625. The Kier molecular flexibility index (Phi) is 5.79. The molecule has 180 valence electrons. The van der Waals surface area contributed by atoms with Crippen LogP contribution in [0.5, 0.6) is 5.75 Å². The quantitative estimate of drug-likeness (QED) is 0.582. The number of rotatable bonds is 2. The predicted octanol–water partition coefficient (Wildman–Crippen LogP) is 4.49. The molecule has 1 aromatic rings. The minimum Gasteiger partial charge on any atom is -0.491 e. The van der Waals surface area contributed by atoms with E-state index in [4.69, 9.17) is 30.6 Å². The number of hydrogen-bond donors (Lipinski definition) is 0. The Hall–Kier alpha value is -2.48. The molecule has 1 saturated heterocycles. The molecule has 8 nitrogen and oxygen atoms in total. The maximum absolute atomic E-state index is 13.0. The first kappa shape index (κ1) is 23.7. The van der Waals surface area contributed by atoms with Crippen LogP contribution in [0, 0.1) is 0 Å². The SMILES string of the molecule is CC(C)(C)OC(=O)[C@H]1C[C@]2(CC(c3cc(Cl)c4c(c3)CCO4)=NO2)CN1C(=O)OC(C)(C)C. The van der Waals surface area contributed by atoms with Gasteiger partial charge in [0.15, 0.2) is 5.60 Å². The number of nitrogens with zero attached hydrogens (tertiary/aromatic N) is 2. The maximum Gasteiger partial charge on any atom is 0.411 e. The first-order chi connectivity index (χ1) is 15.3. The van der Waals surface area contributed by atoms with Crippen molar-refractivity contribution in [2.45, 2.75) is 83.6 Å². The fourth-order valence-corrected chi connectivity index (χ4v) is 4.63. The molecule has 1 amide bonds. The smallest absolute Gasteiger partial charge is 0.411 e. The number of fused-ring (bicyclic) bond motifs is 1. The number of ether oxygens (including phenoxy) is 3. The number of carbonyl (C=O) groups is 2. The van der Waals surface area contributed by atoms with Crippen LogP contribution in [0.15, 0.2) is 17.3 Å². The molecule has 3 aliphatic heterocycles. The largest absolute Gasteiger partial charge is 0.491 e. The number of likely N-dealkylation sites (tertiary alicyclic amines) is 1. The summed E-state index contributed by atoms with van der Waals surface area (Å²) in [5.41, 5.74) is 0.386. The first-order valence-corrected chi connectivity index (χ1v) is 11.6. The van der Waals surface area contributed by atoms with Gasteiger partial charge in [0, 0.05) is 24.8 Å². The van der Waals surface area contributed by atoms with E-state index in [0.717, 1.165) is 29.0 Å². The normalized spacial score (nSPS) is 24.3. The summed E-state index contributed by atoms with van der Waals surface area (Å²) >= 11 is 6.41. The Morgan fingerprint density at radius 1 is 1.15 bits per heavy atom. The molecule has 33 heavy (non-hydrogen) atoms. The van der Waals surface area contributed by atoms with Gasteiger partial charge in [0.2, 0.25) is 0 Å². The third-order valence-electron chi connectivity index (χ3n) is 5.62. The van der Waals surface area contributed by atoms with E-state index >= 15 is 0 Å². The number of benzene rings is 1. The molecule has 2 atom stereocenters. The van der Waals surface area contributed by atoms with E-state index in [1.807, 2.05) is 12.1 Å². The second-order valence-electron chi connectivity index (χ2n) is 10.9. The van der Waals surface area contributed by atoms with Crippen molar-refractivity contribution in [1.29, 1.82) is 0 Å². The molecule has 0 bridgehead atoms. The summed E-state index contributed by atoms with van der Waals surface area (Å²) in [5, 5.41) is 4.87. The zero-order chi connectivity index (χ0) is 24.2. The number of hydrogen-bond acceptors (Lipinski definition) is 7. The van der Waals surface area contributed by atoms with E-state index in [1.54, 1.807) is 41.5 Å². The molecule has 3 aliphatic rings. The zero-order valence-corrected chi connectivity index (χ0v) is 20.7.